The number of hydrogen-bond donors (Lipinski definition) is 0. The van der Waals surface area contributed by atoms with Crippen LogP contribution >= 0.6 is 0 Å². The number of methoxy groups -OCH3 is 1. The summed E-state index contributed by atoms with van der Waals surface area (Å²) in [4.78, 5) is 13.8. The van der Waals surface area contributed by atoms with Crippen LogP contribution in [0, 0.1) is 0 Å². The van der Waals surface area contributed by atoms with Crippen LogP contribution in [0.3, 0.4) is 0 Å². The fourth-order valence-electron chi connectivity index (χ4n) is 2.28. The van der Waals surface area contributed by atoms with Gasteiger partial charge in [-0.15, -0.1) is 0 Å². The van der Waals surface area contributed by atoms with Crippen LogP contribution in [0.4, 0.5) is 5.69 Å². The summed E-state index contributed by atoms with van der Waals surface area (Å²) in [6.45, 7) is 0.595. The van der Waals surface area contributed by atoms with Gasteiger partial charge in [0, 0.05) is 0 Å². The lowest BCUT2D eigenvalue weighted by Crippen LogP contribution is -2.38. The second-order valence-electron chi connectivity index (χ2n) is 4.59. The molecule has 102 valence electrons. The lowest BCUT2D eigenvalue weighted by atomic mass is 10.1. The van der Waals surface area contributed by atoms with Crippen molar-refractivity contribution in [3.05, 3.63) is 54.1 Å². The number of nitrogens with zero attached hydrogens (tertiary/aromatic N) is 1. The zero-order valence-corrected chi connectivity index (χ0v) is 11.2. The number of anilines is 1. The van der Waals surface area contributed by atoms with Crippen molar-refractivity contribution in [2.45, 2.75) is 6.54 Å². The van der Waals surface area contributed by atoms with Crippen LogP contribution in [0.5, 0.6) is 11.5 Å². The van der Waals surface area contributed by atoms with Gasteiger partial charge in [-0.2, -0.15) is 0 Å². The molecule has 0 fully saturated rings. The number of fused-ring (bicyclic) bond motifs is 1. The van der Waals surface area contributed by atoms with Crippen molar-refractivity contribution in [3.8, 4) is 11.5 Å². The summed E-state index contributed by atoms with van der Waals surface area (Å²) in [5.41, 5.74) is 1.83. The molecule has 0 saturated heterocycles. The first-order chi connectivity index (χ1) is 9.78. The molecular weight excluding hydrogens is 254 g/mol. The van der Waals surface area contributed by atoms with E-state index in [0.29, 0.717) is 6.54 Å². The normalized spacial score (nSPS) is 13.7. The second kappa shape index (κ2) is 5.25. The molecule has 0 unspecified atom stereocenters. The molecule has 1 heterocycles. The van der Waals surface area contributed by atoms with Gasteiger partial charge >= 0.3 is 0 Å². The molecule has 1 aliphatic rings. The molecule has 1 aliphatic heterocycles. The molecule has 0 spiro atoms. The van der Waals surface area contributed by atoms with Gasteiger partial charge in [0.05, 0.1) is 19.3 Å². The number of rotatable bonds is 3. The van der Waals surface area contributed by atoms with Gasteiger partial charge in [-0.25, -0.2) is 0 Å². The Morgan fingerprint density at radius 1 is 1.20 bits per heavy atom. The van der Waals surface area contributed by atoms with E-state index in [-0.39, 0.29) is 12.5 Å². The van der Waals surface area contributed by atoms with Crippen LogP contribution in [-0.2, 0) is 11.3 Å². The highest BCUT2D eigenvalue weighted by molar-refractivity contribution is 5.97. The lowest BCUT2D eigenvalue weighted by molar-refractivity contribution is -0.121. The number of hydrogen-bond acceptors (Lipinski definition) is 3. The minimum atomic E-state index is -0.0356. The molecular formula is C16H15NO3. The number of para-hydroxylation sites is 2. The molecule has 2 aromatic rings. The standard InChI is InChI=1S/C16H15NO3/c1-19-13-6-4-5-12(9-13)10-17-14-7-2-3-8-15(14)20-11-16(17)18/h2-9H,10-11H2,1H3. The number of benzene rings is 2. The molecule has 3 rings (SSSR count). The molecule has 0 radical (unpaired) electrons. The fourth-order valence-corrected chi connectivity index (χ4v) is 2.28. The Balaban J connectivity index is 1.91. The first kappa shape index (κ1) is 12.5. The van der Waals surface area contributed by atoms with Crippen LogP contribution in [-0.4, -0.2) is 19.6 Å². The summed E-state index contributed by atoms with van der Waals surface area (Å²) in [7, 11) is 1.63. The second-order valence-corrected chi connectivity index (χ2v) is 4.59. The van der Waals surface area contributed by atoms with Gasteiger partial charge in [-0.05, 0) is 29.8 Å². The Morgan fingerprint density at radius 2 is 2.05 bits per heavy atom. The molecule has 20 heavy (non-hydrogen) atoms. The van der Waals surface area contributed by atoms with E-state index >= 15 is 0 Å². The largest absolute Gasteiger partial charge is 0.497 e. The zero-order valence-electron chi connectivity index (χ0n) is 11.2. The lowest BCUT2D eigenvalue weighted by Gasteiger charge is -2.29. The maximum atomic E-state index is 12.1. The predicted molar refractivity (Wildman–Crippen MR) is 76.1 cm³/mol. The molecule has 0 atom stereocenters. The monoisotopic (exact) mass is 269 g/mol. The number of carbonyl (C=O) groups excluding carboxylic acids is 1. The third kappa shape index (κ3) is 2.32. The van der Waals surface area contributed by atoms with Crippen molar-refractivity contribution >= 4 is 11.6 Å². The quantitative estimate of drug-likeness (QED) is 0.859. The molecule has 4 heteroatoms. The Morgan fingerprint density at radius 3 is 2.90 bits per heavy atom. The Kier molecular flexibility index (Phi) is 3.29. The van der Waals surface area contributed by atoms with Gasteiger partial charge in [0.25, 0.3) is 5.91 Å². The van der Waals surface area contributed by atoms with E-state index in [9.17, 15) is 4.79 Å². The highest BCUT2D eigenvalue weighted by Gasteiger charge is 2.25. The van der Waals surface area contributed by atoms with E-state index in [1.54, 1.807) is 12.0 Å². The molecule has 0 aromatic heterocycles. The number of ether oxygens (including phenoxy) is 2. The summed E-state index contributed by atoms with van der Waals surface area (Å²) >= 11 is 0. The zero-order chi connectivity index (χ0) is 13.9. The SMILES string of the molecule is COc1cccc(CN2C(=O)COc3ccccc32)c1. The van der Waals surface area contributed by atoms with E-state index in [1.165, 1.54) is 0 Å². The Bertz CT molecular complexity index is 639. The maximum Gasteiger partial charge on any atom is 0.265 e. The van der Waals surface area contributed by atoms with E-state index in [2.05, 4.69) is 0 Å². The van der Waals surface area contributed by atoms with Gasteiger partial charge < -0.3 is 14.4 Å². The van der Waals surface area contributed by atoms with Gasteiger partial charge in [0.1, 0.15) is 11.5 Å². The minimum Gasteiger partial charge on any atom is -0.497 e. The van der Waals surface area contributed by atoms with Gasteiger partial charge in [0.2, 0.25) is 0 Å². The van der Waals surface area contributed by atoms with Crippen LogP contribution in [0.1, 0.15) is 5.56 Å². The van der Waals surface area contributed by atoms with Crippen molar-refractivity contribution in [1.29, 1.82) is 0 Å². The molecule has 4 nitrogen and oxygen atoms in total. The van der Waals surface area contributed by atoms with E-state index in [4.69, 9.17) is 9.47 Å². The average Bonchev–Trinajstić information content (AvgIpc) is 2.50. The smallest absolute Gasteiger partial charge is 0.265 e. The molecule has 0 saturated carbocycles. The maximum absolute atomic E-state index is 12.1. The topological polar surface area (TPSA) is 38.8 Å². The van der Waals surface area contributed by atoms with Crippen LogP contribution < -0.4 is 14.4 Å². The molecule has 0 aliphatic carbocycles. The summed E-state index contributed by atoms with van der Waals surface area (Å²) in [5.74, 6) is 1.50. The molecule has 1 amide bonds. The number of carbonyl (C=O) groups is 1. The van der Waals surface area contributed by atoms with Crippen molar-refractivity contribution in [3.63, 3.8) is 0 Å². The van der Waals surface area contributed by atoms with Gasteiger partial charge in [0.15, 0.2) is 6.61 Å². The summed E-state index contributed by atoms with van der Waals surface area (Å²) in [5, 5.41) is 0. The summed E-state index contributed by atoms with van der Waals surface area (Å²) < 4.78 is 10.6. The van der Waals surface area contributed by atoms with Gasteiger partial charge in [-0.3, -0.25) is 4.79 Å². The van der Waals surface area contributed by atoms with Crippen LogP contribution in [0.2, 0.25) is 0 Å². The summed E-state index contributed by atoms with van der Waals surface area (Å²) in [6, 6.07) is 15.3. The first-order valence-corrected chi connectivity index (χ1v) is 6.43. The highest BCUT2D eigenvalue weighted by atomic mass is 16.5. The third-order valence-corrected chi connectivity index (χ3v) is 3.28. The van der Waals surface area contributed by atoms with E-state index < -0.39 is 0 Å². The average molecular weight is 269 g/mol. The summed E-state index contributed by atoms with van der Waals surface area (Å²) in [6.07, 6.45) is 0. The minimum absolute atomic E-state index is 0.0356. The van der Waals surface area contributed by atoms with E-state index in [1.807, 2.05) is 48.5 Å². The molecule has 0 bridgehead atoms. The van der Waals surface area contributed by atoms with Crippen LogP contribution in [0.15, 0.2) is 48.5 Å². The fraction of sp³-hybridized carbons (Fsp3) is 0.188. The van der Waals surface area contributed by atoms with Gasteiger partial charge in [-0.1, -0.05) is 24.3 Å². The van der Waals surface area contributed by atoms with Crippen molar-refractivity contribution in [2.75, 3.05) is 18.6 Å². The Labute approximate surface area is 117 Å². The van der Waals surface area contributed by atoms with Crippen LogP contribution in [0.25, 0.3) is 0 Å². The van der Waals surface area contributed by atoms with Crippen molar-refractivity contribution in [2.24, 2.45) is 0 Å². The third-order valence-electron chi connectivity index (χ3n) is 3.28. The molecule has 0 N–H and O–H groups in total. The van der Waals surface area contributed by atoms with E-state index in [0.717, 1.165) is 22.7 Å². The number of amides is 1. The highest BCUT2D eigenvalue weighted by Crippen LogP contribution is 2.32. The first-order valence-electron chi connectivity index (χ1n) is 6.43. The Hall–Kier alpha value is -2.49. The predicted octanol–water partition coefficient (Wildman–Crippen LogP) is 2.62. The van der Waals surface area contributed by atoms with Crippen molar-refractivity contribution < 1.29 is 14.3 Å². The van der Waals surface area contributed by atoms with Crippen molar-refractivity contribution in [1.82, 2.24) is 0 Å². The molecule has 2 aromatic carbocycles.